The first-order valence-corrected chi connectivity index (χ1v) is 12.3. The van der Waals surface area contributed by atoms with Gasteiger partial charge in [-0.25, -0.2) is 8.42 Å². The number of benzene rings is 3. The van der Waals surface area contributed by atoms with E-state index in [4.69, 9.17) is 4.74 Å². The molecule has 4 rings (SSSR count). The summed E-state index contributed by atoms with van der Waals surface area (Å²) in [6.07, 6.45) is 0.755. The van der Waals surface area contributed by atoms with Crippen LogP contribution in [0.1, 0.15) is 22.3 Å². The maximum Gasteiger partial charge on any atom is 0.268 e. The van der Waals surface area contributed by atoms with Gasteiger partial charge >= 0.3 is 0 Å². The highest BCUT2D eigenvalue weighted by Crippen LogP contribution is 2.31. The minimum Gasteiger partial charge on any atom is -0.495 e. The van der Waals surface area contributed by atoms with Crippen LogP contribution in [0.3, 0.4) is 0 Å². The Morgan fingerprint density at radius 3 is 2.42 bits per heavy atom. The molecule has 33 heavy (non-hydrogen) atoms. The van der Waals surface area contributed by atoms with Gasteiger partial charge < -0.3 is 9.64 Å². The largest absolute Gasteiger partial charge is 0.495 e. The Morgan fingerprint density at radius 2 is 1.70 bits per heavy atom. The molecule has 3 aromatic carbocycles. The molecule has 1 amide bonds. The van der Waals surface area contributed by atoms with Crippen LogP contribution in [0, 0.1) is 13.8 Å². The van der Waals surface area contributed by atoms with Crippen molar-refractivity contribution in [2.75, 3.05) is 24.5 Å². The van der Waals surface area contributed by atoms with Crippen LogP contribution in [-0.4, -0.2) is 39.4 Å². The highest BCUT2D eigenvalue weighted by Gasteiger charge is 2.32. The fourth-order valence-electron chi connectivity index (χ4n) is 4.13. The molecule has 0 saturated heterocycles. The summed E-state index contributed by atoms with van der Waals surface area (Å²) in [6.45, 7) is 4.47. The Labute approximate surface area is 195 Å². The number of ether oxygens (including phenoxy) is 1. The Kier molecular flexibility index (Phi) is 6.42. The smallest absolute Gasteiger partial charge is 0.268 e. The molecule has 0 unspecified atom stereocenters. The maximum absolute atomic E-state index is 13.9. The van der Waals surface area contributed by atoms with Gasteiger partial charge in [-0.1, -0.05) is 42.5 Å². The van der Waals surface area contributed by atoms with Crippen LogP contribution in [-0.2, 0) is 27.8 Å². The standard InChI is InChI=1S/C26H28N2O4S/c1-19-7-6-10-23(15-19)28(33(30,31)25-16-20(2)11-12-24(25)32-3)18-26(29)27-14-13-21-8-4-5-9-22(21)17-27/h4-12,15-16H,13-14,17-18H2,1-3H3. The van der Waals surface area contributed by atoms with E-state index in [1.165, 1.54) is 17.0 Å². The van der Waals surface area contributed by atoms with Gasteiger partial charge in [-0.05, 0) is 66.8 Å². The number of aryl methyl sites for hydroxylation is 2. The van der Waals surface area contributed by atoms with Crippen molar-refractivity contribution in [2.45, 2.75) is 31.7 Å². The Morgan fingerprint density at radius 1 is 0.970 bits per heavy atom. The lowest BCUT2D eigenvalue weighted by Gasteiger charge is -2.32. The summed E-state index contributed by atoms with van der Waals surface area (Å²) in [5.41, 5.74) is 4.47. The van der Waals surface area contributed by atoms with Gasteiger partial charge in [-0.2, -0.15) is 0 Å². The van der Waals surface area contributed by atoms with Gasteiger partial charge in [0.05, 0.1) is 12.8 Å². The number of nitrogens with zero attached hydrogens (tertiary/aromatic N) is 2. The number of sulfonamides is 1. The third kappa shape index (κ3) is 4.73. The van der Waals surface area contributed by atoms with Crippen molar-refractivity contribution >= 4 is 21.6 Å². The second-order valence-corrected chi connectivity index (χ2v) is 10.2. The zero-order valence-corrected chi connectivity index (χ0v) is 19.9. The Hall–Kier alpha value is -3.32. The third-order valence-electron chi connectivity index (χ3n) is 5.94. The van der Waals surface area contributed by atoms with E-state index in [0.29, 0.717) is 18.8 Å². The lowest BCUT2D eigenvalue weighted by molar-refractivity contribution is -0.130. The fourth-order valence-corrected chi connectivity index (χ4v) is 5.78. The molecular formula is C26H28N2O4S. The molecule has 0 saturated carbocycles. The highest BCUT2D eigenvalue weighted by molar-refractivity contribution is 7.93. The Balaban J connectivity index is 1.71. The zero-order chi connectivity index (χ0) is 23.6. The van der Waals surface area contributed by atoms with Crippen LogP contribution in [0.25, 0.3) is 0 Å². The monoisotopic (exact) mass is 464 g/mol. The summed E-state index contributed by atoms with van der Waals surface area (Å²) in [6, 6.07) is 20.2. The number of carbonyl (C=O) groups excluding carboxylic acids is 1. The quantitative estimate of drug-likeness (QED) is 0.551. The fraction of sp³-hybridized carbons (Fsp3) is 0.269. The normalized spacial score (nSPS) is 13.4. The molecule has 0 spiro atoms. The number of anilines is 1. The van der Waals surface area contributed by atoms with Crippen LogP contribution >= 0.6 is 0 Å². The average Bonchev–Trinajstić information content (AvgIpc) is 2.81. The summed E-state index contributed by atoms with van der Waals surface area (Å²) in [4.78, 5) is 15.1. The van der Waals surface area contributed by atoms with E-state index >= 15 is 0 Å². The minimum absolute atomic E-state index is 0.0447. The number of carbonyl (C=O) groups is 1. The van der Waals surface area contributed by atoms with Gasteiger partial charge in [0.1, 0.15) is 17.2 Å². The number of methoxy groups -OCH3 is 1. The predicted octanol–water partition coefficient (Wildman–Crippen LogP) is 4.09. The van der Waals surface area contributed by atoms with Crippen molar-refractivity contribution < 1.29 is 17.9 Å². The summed E-state index contributed by atoms with van der Waals surface area (Å²) in [5, 5.41) is 0. The Bertz CT molecular complexity index is 1290. The molecule has 1 aliphatic heterocycles. The first-order chi connectivity index (χ1) is 15.8. The molecule has 1 aliphatic rings. The highest BCUT2D eigenvalue weighted by atomic mass is 32.2. The first kappa shape index (κ1) is 22.9. The van der Waals surface area contributed by atoms with Crippen molar-refractivity contribution in [3.63, 3.8) is 0 Å². The van der Waals surface area contributed by atoms with Gasteiger partial charge in [-0.3, -0.25) is 9.10 Å². The van der Waals surface area contributed by atoms with Crippen LogP contribution in [0.5, 0.6) is 5.75 Å². The molecule has 0 radical (unpaired) electrons. The minimum atomic E-state index is -4.07. The van der Waals surface area contributed by atoms with Crippen LogP contribution in [0.2, 0.25) is 0 Å². The molecule has 172 valence electrons. The van der Waals surface area contributed by atoms with Gasteiger partial charge in [0.25, 0.3) is 10.0 Å². The number of fused-ring (bicyclic) bond motifs is 1. The number of amides is 1. The predicted molar refractivity (Wildman–Crippen MR) is 129 cm³/mol. The number of hydrogen-bond acceptors (Lipinski definition) is 4. The average molecular weight is 465 g/mol. The SMILES string of the molecule is COc1ccc(C)cc1S(=O)(=O)N(CC(=O)N1CCc2ccccc2C1)c1cccc(C)c1. The van der Waals surface area contributed by atoms with Crippen LogP contribution in [0.4, 0.5) is 5.69 Å². The van der Waals surface area contributed by atoms with Crippen molar-refractivity contribution in [3.05, 3.63) is 89.0 Å². The van der Waals surface area contributed by atoms with E-state index in [1.54, 1.807) is 41.3 Å². The molecule has 0 atom stereocenters. The van der Waals surface area contributed by atoms with E-state index in [1.807, 2.05) is 38.1 Å². The van der Waals surface area contributed by atoms with Crippen LogP contribution in [0.15, 0.2) is 71.6 Å². The van der Waals surface area contributed by atoms with Gasteiger partial charge in [0.15, 0.2) is 0 Å². The number of hydrogen-bond donors (Lipinski definition) is 0. The molecule has 6 nitrogen and oxygen atoms in total. The van der Waals surface area contributed by atoms with E-state index < -0.39 is 10.0 Å². The number of rotatable bonds is 6. The summed E-state index contributed by atoms with van der Waals surface area (Å²) >= 11 is 0. The molecule has 7 heteroatoms. The topological polar surface area (TPSA) is 66.9 Å². The molecule has 3 aromatic rings. The molecule has 1 heterocycles. The lowest BCUT2D eigenvalue weighted by Crippen LogP contribution is -2.44. The molecule has 0 aromatic heterocycles. The molecule has 0 N–H and O–H groups in total. The summed E-state index contributed by atoms with van der Waals surface area (Å²) in [7, 11) is -2.63. The first-order valence-electron chi connectivity index (χ1n) is 10.9. The van der Waals surface area contributed by atoms with E-state index in [2.05, 4.69) is 6.07 Å². The second-order valence-electron chi connectivity index (χ2n) is 8.34. The van der Waals surface area contributed by atoms with E-state index in [0.717, 1.165) is 23.1 Å². The van der Waals surface area contributed by atoms with Crippen LogP contribution < -0.4 is 9.04 Å². The maximum atomic E-state index is 13.9. The second kappa shape index (κ2) is 9.27. The summed E-state index contributed by atoms with van der Waals surface area (Å²) in [5.74, 6) is 0.0128. The molecule has 0 fully saturated rings. The van der Waals surface area contributed by atoms with E-state index in [9.17, 15) is 13.2 Å². The van der Waals surface area contributed by atoms with Crippen molar-refractivity contribution in [1.29, 1.82) is 0 Å². The zero-order valence-electron chi connectivity index (χ0n) is 19.1. The van der Waals surface area contributed by atoms with Crippen molar-refractivity contribution in [3.8, 4) is 5.75 Å². The molecule has 0 aliphatic carbocycles. The van der Waals surface area contributed by atoms with Gasteiger partial charge in [-0.15, -0.1) is 0 Å². The van der Waals surface area contributed by atoms with Crippen molar-refractivity contribution in [2.24, 2.45) is 0 Å². The van der Waals surface area contributed by atoms with Gasteiger partial charge in [0, 0.05) is 13.1 Å². The molecular weight excluding hydrogens is 436 g/mol. The van der Waals surface area contributed by atoms with E-state index in [-0.39, 0.29) is 23.1 Å². The lowest BCUT2D eigenvalue weighted by atomic mass is 10.00. The third-order valence-corrected chi connectivity index (χ3v) is 7.73. The van der Waals surface area contributed by atoms with Crippen molar-refractivity contribution in [1.82, 2.24) is 4.90 Å². The molecule has 0 bridgehead atoms. The van der Waals surface area contributed by atoms with Gasteiger partial charge in [0.2, 0.25) is 5.91 Å². The summed E-state index contributed by atoms with van der Waals surface area (Å²) < 4.78 is 34.3.